The summed E-state index contributed by atoms with van der Waals surface area (Å²) in [6, 6.07) is 21.8. The zero-order valence-electron chi connectivity index (χ0n) is 16.5. The van der Waals surface area contributed by atoms with Gasteiger partial charge < -0.3 is 15.0 Å². The van der Waals surface area contributed by atoms with Crippen molar-refractivity contribution in [2.45, 2.75) is 6.54 Å². The summed E-state index contributed by atoms with van der Waals surface area (Å²) in [5.74, 6) is -0.352. The lowest BCUT2D eigenvalue weighted by molar-refractivity contribution is -0.117. The summed E-state index contributed by atoms with van der Waals surface area (Å²) in [5, 5.41) is 12.4. The number of hydrogen-bond donors (Lipinski definition) is 1. The van der Waals surface area contributed by atoms with Crippen LogP contribution in [0, 0.1) is 11.3 Å². The molecule has 6 heteroatoms. The highest BCUT2D eigenvalue weighted by Gasteiger charge is 2.14. The lowest BCUT2D eigenvalue weighted by atomic mass is 10.2. The number of nitriles is 1. The Bertz CT molecular complexity index is 840. The third-order valence-electron chi connectivity index (χ3n) is 4.75. The van der Waals surface area contributed by atoms with Crippen LogP contribution in [0.4, 0.5) is 5.69 Å². The molecule has 1 amide bonds. The van der Waals surface area contributed by atoms with Crippen LogP contribution in [0.2, 0.25) is 0 Å². The summed E-state index contributed by atoms with van der Waals surface area (Å²) in [6.45, 7) is 5.01. The number of rotatable bonds is 8. The molecule has 1 fully saturated rings. The van der Waals surface area contributed by atoms with Crippen LogP contribution in [0.3, 0.4) is 0 Å². The van der Waals surface area contributed by atoms with E-state index in [9.17, 15) is 10.1 Å². The molecule has 1 saturated heterocycles. The minimum atomic E-state index is -0.352. The van der Waals surface area contributed by atoms with Crippen molar-refractivity contribution in [1.29, 1.82) is 5.26 Å². The fourth-order valence-corrected chi connectivity index (χ4v) is 3.15. The van der Waals surface area contributed by atoms with Crippen molar-refractivity contribution in [3.63, 3.8) is 0 Å². The van der Waals surface area contributed by atoms with Gasteiger partial charge in [0.15, 0.2) is 0 Å². The summed E-state index contributed by atoms with van der Waals surface area (Å²) < 4.78 is 5.33. The lowest BCUT2D eigenvalue weighted by Gasteiger charge is -2.26. The van der Waals surface area contributed by atoms with Gasteiger partial charge in [-0.1, -0.05) is 48.5 Å². The molecule has 2 aromatic rings. The Hall–Kier alpha value is -3.14. The molecule has 150 valence electrons. The van der Waals surface area contributed by atoms with Crippen molar-refractivity contribution < 1.29 is 9.53 Å². The van der Waals surface area contributed by atoms with Crippen LogP contribution in [0.25, 0.3) is 0 Å². The maximum Gasteiger partial charge on any atom is 0.263 e. The molecule has 0 spiro atoms. The summed E-state index contributed by atoms with van der Waals surface area (Å²) in [4.78, 5) is 16.7. The molecule has 0 aliphatic carbocycles. The Morgan fingerprint density at radius 3 is 2.41 bits per heavy atom. The van der Waals surface area contributed by atoms with E-state index in [2.05, 4.69) is 16.3 Å². The summed E-state index contributed by atoms with van der Waals surface area (Å²) in [6.07, 6.45) is 1.63. The number of ether oxygens (including phenoxy) is 1. The van der Waals surface area contributed by atoms with Crippen LogP contribution in [-0.4, -0.2) is 50.2 Å². The van der Waals surface area contributed by atoms with Gasteiger partial charge in [0.25, 0.3) is 5.91 Å². The van der Waals surface area contributed by atoms with Crippen molar-refractivity contribution >= 4 is 11.6 Å². The second kappa shape index (κ2) is 11.0. The quantitative estimate of drug-likeness (QED) is 0.554. The first kappa shape index (κ1) is 20.6. The normalized spacial score (nSPS) is 14.8. The van der Waals surface area contributed by atoms with Gasteiger partial charge in [0.05, 0.1) is 13.2 Å². The van der Waals surface area contributed by atoms with Gasteiger partial charge in [-0.05, 0) is 17.7 Å². The Morgan fingerprint density at radius 1 is 1.10 bits per heavy atom. The van der Waals surface area contributed by atoms with E-state index in [-0.39, 0.29) is 11.5 Å². The van der Waals surface area contributed by atoms with E-state index in [4.69, 9.17) is 4.74 Å². The topological polar surface area (TPSA) is 68.6 Å². The molecule has 1 heterocycles. The smallest absolute Gasteiger partial charge is 0.263 e. The fraction of sp³-hybridized carbons (Fsp3) is 0.304. The average Bonchev–Trinajstić information content (AvgIpc) is 2.78. The maximum absolute atomic E-state index is 12.6. The van der Waals surface area contributed by atoms with Gasteiger partial charge in [-0.15, -0.1) is 0 Å². The van der Waals surface area contributed by atoms with Crippen LogP contribution in [-0.2, 0) is 16.1 Å². The van der Waals surface area contributed by atoms with Gasteiger partial charge in [0.1, 0.15) is 11.6 Å². The third-order valence-corrected chi connectivity index (χ3v) is 4.75. The number of nitrogens with zero attached hydrogens (tertiary/aromatic N) is 3. The summed E-state index contributed by atoms with van der Waals surface area (Å²) >= 11 is 0. The van der Waals surface area contributed by atoms with Gasteiger partial charge in [-0.2, -0.15) is 5.26 Å². The number of nitrogens with one attached hydrogen (secondary N) is 1. The molecule has 0 bridgehead atoms. The van der Waals surface area contributed by atoms with Crippen molar-refractivity contribution in [2.75, 3.05) is 44.3 Å². The minimum absolute atomic E-state index is 0.0896. The van der Waals surface area contributed by atoms with Gasteiger partial charge in [-0.25, -0.2) is 0 Å². The molecule has 0 atom stereocenters. The SMILES string of the molecule is N#C/C(=C/N(Cc1ccccc1)c1ccccc1)C(=O)NCCN1CCOCC1. The molecular formula is C23H26N4O2. The molecule has 29 heavy (non-hydrogen) atoms. The van der Waals surface area contributed by atoms with Crippen molar-refractivity contribution in [1.82, 2.24) is 10.2 Å². The molecule has 2 aromatic carbocycles. The molecule has 0 saturated carbocycles. The highest BCUT2D eigenvalue weighted by Crippen LogP contribution is 2.18. The van der Waals surface area contributed by atoms with E-state index in [1.54, 1.807) is 6.20 Å². The third kappa shape index (κ3) is 6.46. The first-order valence-corrected chi connectivity index (χ1v) is 9.82. The number of benzene rings is 2. The first-order chi connectivity index (χ1) is 14.3. The number of para-hydroxylation sites is 1. The fourth-order valence-electron chi connectivity index (χ4n) is 3.15. The number of anilines is 1. The average molecular weight is 390 g/mol. The Morgan fingerprint density at radius 2 is 1.76 bits per heavy atom. The summed E-state index contributed by atoms with van der Waals surface area (Å²) in [5.41, 5.74) is 2.11. The molecule has 0 radical (unpaired) electrons. The monoisotopic (exact) mass is 390 g/mol. The minimum Gasteiger partial charge on any atom is -0.379 e. The van der Waals surface area contributed by atoms with Crippen LogP contribution in [0.15, 0.2) is 72.4 Å². The first-order valence-electron chi connectivity index (χ1n) is 9.82. The molecule has 0 aromatic heterocycles. The van der Waals surface area contributed by atoms with Crippen LogP contribution in [0.5, 0.6) is 0 Å². The van der Waals surface area contributed by atoms with Crippen molar-refractivity contribution in [3.05, 3.63) is 78.0 Å². The van der Waals surface area contributed by atoms with E-state index >= 15 is 0 Å². The van der Waals surface area contributed by atoms with E-state index in [0.29, 0.717) is 13.1 Å². The van der Waals surface area contributed by atoms with E-state index < -0.39 is 0 Å². The van der Waals surface area contributed by atoms with Crippen LogP contribution < -0.4 is 10.2 Å². The van der Waals surface area contributed by atoms with Crippen LogP contribution >= 0.6 is 0 Å². The van der Waals surface area contributed by atoms with Crippen molar-refractivity contribution in [2.24, 2.45) is 0 Å². The molecule has 1 N–H and O–H groups in total. The molecule has 1 aliphatic heterocycles. The number of hydrogen-bond acceptors (Lipinski definition) is 5. The molecule has 1 aliphatic rings. The molecule has 0 unspecified atom stereocenters. The van der Waals surface area contributed by atoms with E-state index in [1.807, 2.05) is 65.6 Å². The van der Waals surface area contributed by atoms with E-state index in [0.717, 1.165) is 44.1 Å². The zero-order valence-corrected chi connectivity index (χ0v) is 16.5. The maximum atomic E-state index is 12.6. The highest BCUT2D eigenvalue weighted by atomic mass is 16.5. The number of carbonyl (C=O) groups is 1. The molecular weight excluding hydrogens is 364 g/mol. The number of amides is 1. The predicted molar refractivity (Wildman–Crippen MR) is 113 cm³/mol. The van der Waals surface area contributed by atoms with Gasteiger partial charge in [0.2, 0.25) is 0 Å². The Kier molecular flexibility index (Phi) is 7.81. The van der Waals surface area contributed by atoms with Gasteiger partial charge >= 0.3 is 0 Å². The Balaban J connectivity index is 1.68. The highest BCUT2D eigenvalue weighted by molar-refractivity contribution is 5.97. The Labute approximate surface area is 172 Å². The largest absolute Gasteiger partial charge is 0.379 e. The predicted octanol–water partition coefficient (Wildman–Crippen LogP) is 2.55. The second-order valence-corrected chi connectivity index (χ2v) is 6.81. The second-order valence-electron chi connectivity index (χ2n) is 6.81. The standard InChI is InChI=1S/C23H26N4O2/c24-17-21(23(28)25-11-12-26-13-15-29-16-14-26)19-27(22-9-5-2-6-10-22)18-20-7-3-1-4-8-20/h1-10,19H,11-16,18H2,(H,25,28)/b21-19-. The molecule has 6 nitrogen and oxygen atoms in total. The van der Waals surface area contributed by atoms with E-state index in [1.165, 1.54) is 0 Å². The van der Waals surface area contributed by atoms with Gasteiger partial charge in [0, 0.05) is 44.6 Å². The zero-order chi connectivity index (χ0) is 20.3. The molecule has 3 rings (SSSR count). The number of morpholine rings is 1. The lowest BCUT2D eigenvalue weighted by Crippen LogP contribution is -2.41. The van der Waals surface area contributed by atoms with Crippen LogP contribution in [0.1, 0.15) is 5.56 Å². The number of carbonyl (C=O) groups excluding carboxylic acids is 1. The summed E-state index contributed by atoms with van der Waals surface area (Å²) in [7, 11) is 0. The van der Waals surface area contributed by atoms with Crippen molar-refractivity contribution in [3.8, 4) is 6.07 Å². The van der Waals surface area contributed by atoms with Gasteiger partial charge in [-0.3, -0.25) is 9.69 Å².